The van der Waals surface area contributed by atoms with Crippen molar-refractivity contribution in [2.24, 2.45) is 0 Å². The molecule has 0 aliphatic carbocycles. The monoisotopic (exact) mass is 191 g/mol. The third kappa shape index (κ3) is 1.51. The molecule has 1 amide bonds. The molecule has 3 nitrogen and oxygen atoms in total. The van der Waals surface area contributed by atoms with Gasteiger partial charge in [0.05, 0.1) is 6.61 Å². The van der Waals surface area contributed by atoms with E-state index in [1.807, 2.05) is 24.3 Å². The summed E-state index contributed by atoms with van der Waals surface area (Å²) >= 11 is 0. The van der Waals surface area contributed by atoms with Crippen LogP contribution in [0.1, 0.15) is 15.9 Å². The molecule has 1 aliphatic heterocycles. The van der Waals surface area contributed by atoms with Gasteiger partial charge in [0, 0.05) is 18.7 Å². The minimum Gasteiger partial charge on any atom is -0.395 e. The highest BCUT2D eigenvalue weighted by Gasteiger charge is 2.22. The van der Waals surface area contributed by atoms with Crippen molar-refractivity contribution in [3.05, 3.63) is 35.4 Å². The third-order valence-corrected chi connectivity index (χ3v) is 2.56. The molecule has 14 heavy (non-hydrogen) atoms. The molecular formula is C11H13NO2. The van der Waals surface area contributed by atoms with Gasteiger partial charge in [0.2, 0.25) is 0 Å². The molecule has 0 radical (unpaired) electrons. The van der Waals surface area contributed by atoms with E-state index in [0.29, 0.717) is 6.54 Å². The smallest absolute Gasteiger partial charge is 0.254 e. The Bertz CT molecular complexity index is 349. The van der Waals surface area contributed by atoms with Crippen LogP contribution in [0.3, 0.4) is 0 Å². The van der Waals surface area contributed by atoms with Gasteiger partial charge in [-0.3, -0.25) is 4.79 Å². The topological polar surface area (TPSA) is 40.5 Å². The van der Waals surface area contributed by atoms with Crippen molar-refractivity contribution in [2.75, 3.05) is 19.7 Å². The van der Waals surface area contributed by atoms with Gasteiger partial charge in [-0.05, 0) is 18.1 Å². The summed E-state index contributed by atoms with van der Waals surface area (Å²) in [6.45, 7) is 1.19. The molecule has 0 bridgehead atoms. The second kappa shape index (κ2) is 3.80. The summed E-state index contributed by atoms with van der Waals surface area (Å²) in [5.41, 5.74) is 1.90. The Balaban J connectivity index is 2.27. The number of aliphatic hydroxyl groups excluding tert-OH is 1. The largest absolute Gasteiger partial charge is 0.395 e. The zero-order valence-corrected chi connectivity index (χ0v) is 7.94. The number of fused-ring (bicyclic) bond motifs is 1. The van der Waals surface area contributed by atoms with Crippen LogP contribution >= 0.6 is 0 Å². The molecule has 0 saturated carbocycles. The molecule has 1 aromatic carbocycles. The number of hydrogen-bond acceptors (Lipinski definition) is 2. The predicted molar refractivity (Wildman–Crippen MR) is 53.1 cm³/mol. The van der Waals surface area contributed by atoms with Gasteiger partial charge >= 0.3 is 0 Å². The lowest BCUT2D eigenvalue weighted by Gasteiger charge is -2.27. The number of nitrogens with zero attached hydrogens (tertiary/aromatic N) is 1. The average Bonchev–Trinajstić information content (AvgIpc) is 2.23. The zero-order valence-electron chi connectivity index (χ0n) is 7.94. The minimum atomic E-state index is 0.0356. The number of benzene rings is 1. The molecule has 1 aliphatic rings. The standard InChI is InChI=1S/C11H13NO2/c13-8-7-12-6-5-9-3-1-2-4-10(9)11(12)14/h1-4,13H,5-8H2. The molecule has 0 atom stereocenters. The lowest BCUT2D eigenvalue weighted by atomic mass is 9.99. The highest BCUT2D eigenvalue weighted by atomic mass is 16.3. The lowest BCUT2D eigenvalue weighted by molar-refractivity contribution is 0.0705. The average molecular weight is 191 g/mol. The van der Waals surface area contributed by atoms with Crippen LogP contribution in [0.5, 0.6) is 0 Å². The summed E-state index contributed by atoms with van der Waals surface area (Å²) in [5, 5.41) is 8.79. The van der Waals surface area contributed by atoms with Gasteiger partial charge in [-0.25, -0.2) is 0 Å². The van der Waals surface area contributed by atoms with E-state index in [-0.39, 0.29) is 12.5 Å². The van der Waals surface area contributed by atoms with Crippen LogP contribution in [-0.2, 0) is 6.42 Å². The number of amides is 1. The van der Waals surface area contributed by atoms with Crippen LogP contribution < -0.4 is 0 Å². The van der Waals surface area contributed by atoms with E-state index in [2.05, 4.69) is 0 Å². The van der Waals surface area contributed by atoms with Gasteiger partial charge in [0.1, 0.15) is 0 Å². The summed E-state index contributed by atoms with van der Waals surface area (Å²) in [7, 11) is 0. The third-order valence-electron chi connectivity index (χ3n) is 2.56. The Labute approximate surface area is 83.0 Å². The van der Waals surface area contributed by atoms with Gasteiger partial charge < -0.3 is 10.0 Å². The van der Waals surface area contributed by atoms with Gasteiger partial charge in [-0.15, -0.1) is 0 Å². The maximum atomic E-state index is 11.8. The quantitative estimate of drug-likeness (QED) is 0.746. The van der Waals surface area contributed by atoms with Crippen molar-refractivity contribution in [1.29, 1.82) is 0 Å². The Morgan fingerprint density at radius 2 is 2.14 bits per heavy atom. The summed E-state index contributed by atoms with van der Waals surface area (Å²) in [6.07, 6.45) is 0.891. The van der Waals surface area contributed by atoms with E-state index in [1.165, 1.54) is 0 Å². The first-order chi connectivity index (χ1) is 6.83. The van der Waals surface area contributed by atoms with Crippen LogP contribution in [0.2, 0.25) is 0 Å². The summed E-state index contributed by atoms with van der Waals surface area (Å²) < 4.78 is 0. The second-order valence-corrected chi connectivity index (χ2v) is 3.42. The van der Waals surface area contributed by atoms with Crippen LogP contribution in [-0.4, -0.2) is 35.6 Å². The highest BCUT2D eigenvalue weighted by molar-refractivity contribution is 5.96. The molecule has 0 spiro atoms. The molecule has 2 rings (SSSR count). The number of hydrogen-bond donors (Lipinski definition) is 1. The van der Waals surface area contributed by atoms with Gasteiger partial charge in [-0.1, -0.05) is 18.2 Å². The molecule has 0 unspecified atom stereocenters. The molecule has 1 aromatic rings. The first-order valence-corrected chi connectivity index (χ1v) is 4.81. The van der Waals surface area contributed by atoms with Crippen molar-refractivity contribution >= 4 is 5.91 Å². The number of β-amino-alcohol motifs (C(OH)–C–C–N with tert-alkyl or cyclic N) is 1. The van der Waals surface area contributed by atoms with E-state index in [4.69, 9.17) is 5.11 Å². The van der Waals surface area contributed by atoms with E-state index in [9.17, 15) is 4.79 Å². The Morgan fingerprint density at radius 3 is 2.93 bits per heavy atom. The van der Waals surface area contributed by atoms with Gasteiger partial charge in [0.25, 0.3) is 5.91 Å². The maximum Gasteiger partial charge on any atom is 0.254 e. The molecule has 0 saturated heterocycles. The van der Waals surface area contributed by atoms with Crippen LogP contribution in [0.15, 0.2) is 24.3 Å². The van der Waals surface area contributed by atoms with E-state index in [1.54, 1.807) is 4.90 Å². The molecule has 0 fully saturated rings. The van der Waals surface area contributed by atoms with E-state index in [0.717, 1.165) is 24.1 Å². The first kappa shape index (κ1) is 9.21. The summed E-state index contributed by atoms with van der Waals surface area (Å²) in [5.74, 6) is 0.0425. The lowest BCUT2D eigenvalue weighted by Crippen LogP contribution is -2.39. The number of carbonyl (C=O) groups is 1. The summed E-state index contributed by atoms with van der Waals surface area (Å²) in [4.78, 5) is 13.5. The van der Waals surface area contributed by atoms with Crippen LogP contribution in [0.4, 0.5) is 0 Å². The first-order valence-electron chi connectivity index (χ1n) is 4.81. The normalized spacial score (nSPS) is 15.5. The van der Waals surface area contributed by atoms with Gasteiger partial charge in [0.15, 0.2) is 0 Å². The van der Waals surface area contributed by atoms with Crippen LogP contribution in [0.25, 0.3) is 0 Å². The fraction of sp³-hybridized carbons (Fsp3) is 0.364. The number of rotatable bonds is 2. The Morgan fingerprint density at radius 1 is 1.36 bits per heavy atom. The molecule has 3 heteroatoms. The van der Waals surface area contributed by atoms with Crippen molar-refractivity contribution in [3.8, 4) is 0 Å². The predicted octanol–water partition coefficient (Wildman–Crippen LogP) is 0.677. The Kier molecular flexibility index (Phi) is 2.50. The molecule has 74 valence electrons. The fourth-order valence-corrected chi connectivity index (χ4v) is 1.81. The van der Waals surface area contributed by atoms with Crippen LogP contribution in [0, 0.1) is 0 Å². The SMILES string of the molecule is O=C1c2ccccc2CCN1CCO. The van der Waals surface area contributed by atoms with Crippen molar-refractivity contribution in [1.82, 2.24) is 4.90 Å². The Hall–Kier alpha value is -1.35. The van der Waals surface area contributed by atoms with E-state index >= 15 is 0 Å². The van der Waals surface area contributed by atoms with Crippen molar-refractivity contribution in [3.63, 3.8) is 0 Å². The minimum absolute atomic E-state index is 0.0356. The maximum absolute atomic E-state index is 11.8. The molecular weight excluding hydrogens is 178 g/mol. The van der Waals surface area contributed by atoms with Gasteiger partial charge in [-0.2, -0.15) is 0 Å². The number of aliphatic hydroxyl groups is 1. The molecule has 1 heterocycles. The molecule has 0 aromatic heterocycles. The highest BCUT2D eigenvalue weighted by Crippen LogP contribution is 2.17. The molecule has 1 N–H and O–H groups in total. The van der Waals surface area contributed by atoms with E-state index < -0.39 is 0 Å². The van der Waals surface area contributed by atoms with Crippen molar-refractivity contribution in [2.45, 2.75) is 6.42 Å². The van der Waals surface area contributed by atoms with Crippen molar-refractivity contribution < 1.29 is 9.90 Å². The fourth-order valence-electron chi connectivity index (χ4n) is 1.81. The second-order valence-electron chi connectivity index (χ2n) is 3.42. The summed E-state index contributed by atoms with van der Waals surface area (Å²) in [6, 6.07) is 7.66. The zero-order chi connectivity index (χ0) is 9.97. The number of carbonyl (C=O) groups excluding carboxylic acids is 1.